The third kappa shape index (κ3) is 3.21. The SMILES string of the molecule is CCc1cc(C)n(CCC[SiH2]OC)c1C. The third-order valence-corrected chi connectivity index (χ3v) is 4.24. The van der Waals surface area contributed by atoms with Crippen LogP contribution < -0.4 is 0 Å². The van der Waals surface area contributed by atoms with Crippen molar-refractivity contribution in [3.63, 3.8) is 0 Å². The molecule has 0 N–H and O–H groups in total. The van der Waals surface area contributed by atoms with E-state index in [0.29, 0.717) is 0 Å². The molecule has 2 nitrogen and oxygen atoms in total. The molecule has 0 radical (unpaired) electrons. The van der Waals surface area contributed by atoms with E-state index in [0.717, 1.165) is 13.0 Å². The van der Waals surface area contributed by atoms with Gasteiger partial charge in [-0.3, -0.25) is 0 Å². The van der Waals surface area contributed by atoms with E-state index in [1.807, 2.05) is 7.11 Å². The van der Waals surface area contributed by atoms with Crippen molar-refractivity contribution in [2.24, 2.45) is 0 Å². The summed E-state index contributed by atoms with van der Waals surface area (Å²) in [6.07, 6.45) is 2.41. The van der Waals surface area contributed by atoms with E-state index < -0.39 is 0 Å². The lowest BCUT2D eigenvalue weighted by Gasteiger charge is -2.09. The molecule has 1 rings (SSSR count). The van der Waals surface area contributed by atoms with Crippen molar-refractivity contribution in [3.8, 4) is 0 Å². The predicted molar refractivity (Wildman–Crippen MR) is 68.3 cm³/mol. The lowest BCUT2D eigenvalue weighted by Crippen LogP contribution is -2.04. The monoisotopic (exact) mass is 225 g/mol. The van der Waals surface area contributed by atoms with Crippen LogP contribution in [-0.2, 0) is 17.4 Å². The van der Waals surface area contributed by atoms with Gasteiger partial charge in [-0.25, -0.2) is 0 Å². The van der Waals surface area contributed by atoms with Crippen LogP contribution in [0.4, 0.5) is 0 Å². The maximum absolute atomic E-state index is 5.20. The van der Waals surface area contributed by atoms with Crippen molar-refractivity contribution in [3.05, 3.63) is 23.0 Å². The Labute approximate surface area is 95.6 Å². The van der Waals surface area contributed by atoms with Gasteiger partial charge in [0.2, 0.25) is 0 Å². The molecule has 3 heteroatoms. The van der Waals surface area contributed by atoms with Gasteiger partial charge in [-0.05, 0) is 44.4 Å². The van der Waals surface area contributed by atoms with E-state index in [-0.39, 0.29) is 9.76 Å². The lowest BCUT2D eigenvalue weighted by molar-refractivity contribution is 0.437. The first-order chi connectivity index (χ1) is 7.20. The van der Waals surface area contributed by atoms with E-state index in [1.165, 1.54) is 29.4 Å². The normalized spacial score (nSPS) is 11.7. The second-order valence-electron chi connectivity index (χ2n) is 4.10. The number of aryl methyl sites for hydroxylation is 2. The second kappa shape index (κ2) is 6.13. The summed E-state index contributed by atoms with van der Waals surface area (Å²) in [7, 11) is 1.60. The number of hydrogen-bond donors (Lipinski definition) is 0. The van der Waals surface area contributed by atoms with E-state index >= 15 is 0 Å². The zero-order chi connectivity index (χ0) is 11.3. The fourth-order valence-electron chi connectivity index (χ4n) is 2.09. The summed E-state index contributed by atoms with van der Waals surface area (Å²) in [6.45, 7) is 7.83. The zero-order valence-corrected chi connectivity index (χ0v) is 11.9. The van der Waals surface area contributed by atoms with Gasteiger partial charge in [-0.2, -0.15) is 0 Å². The molecule has 15 heavy (non-hydrogen) atoms. The molecule has 0 aliphatic carbocycles. The Balaban J connectivity index is 2.56. The molecular weight excluding hydrogens is 202 g/mol. The Kier molecular flexibility index (Phi) is 5.12. The smallest absolute Gasteiger partial charge is 0.161 e. The highest BCUT2D eigenvalue weighted by Crippen LogP contribution is 2.16. The summed E-state index contributed by atoms with van der Waals surface area (Å²) < 4.78 is 7.64. The minimum Gasteiger partial charge on any atom is -0.427 e. The molecule has 0 saturated heterocycles. The van der Waals surface area contributed by atoms with Crippen molar-refractivity contribution < 1.29 is 4.43 Å². The van der Waals surface area contributed by atoms with Crippen LogP contribution in [0.5, 0.6) is 0 Å². The number of hydrogen-bond acceptors (Lipinski definition) is 1. The third-order valence-electron chi connectivity index (χ3n) is 3.04. The molecule has 0 unspecified atom stereocenters. The van der Waals surface area contributed by atoms with E-state index in [1.54, 1.807) is 0 Å². The summed E-state index contributed by atoms with van der Waals surface area (Å²) in [5, 5.41) is 0. The molecule has 1 aromatic rings. The Morgan fingerprint density at radius 2 is 2.13 bits per heavy atom. The molecule has 86 valence electrons. The first kappa shape index (κ1) is 12.5. The van der Waals surface area contributed by atoms with Gasteiger partial charge in [0, 0.05) is 25.0 Å². The highest BCUT2D eigenvalue weighted by molar-refractivity contribution is 6.26. The van der Waals surface area contributed by atoms with Crippen molar-refractivity contribution in [2.75, 3.05) is 7.11 Å². The quantitative estimate of drug-likeness (QED) is 0.535. The van der Waals surface area contributed by atoms with Crippen LogP contribution in [0.15, 0.2) is 6.07 Å². The van der Waals surface area contributed by atoms with Gasteiger partial charge >= 0.3 is 0 Å². The van der Waals surface area contributed by atoms with Gasteiger partial charge in [0.25, 0.3) is 0 Å². The van der Waals surface area contributed by atoms with Crippen molar-refractivity contribution in [1.29, 1.82) is 0 Å². The molecule has 0 aromatic carbocycles. The fourth-order valence-corrected chi connectivity index (χ4v) is 2.81. The maximum atomic E-state index is 5.20. The highest BCUT2D eigenvalue weighted by atomic mass is 28.2. The Hall–Kier alpha value is -0.543. The average molecular weight is 225 g/mol. The van der Waals surface area contributed by atoms with Crippen molar-refractivity contribution >= 4 is 9.76 Å². The largest absolute Gasteiger partial charge is 0.427 e. The summed E-state index contributed by atoms with van der Waals surface area (Å²) >= 11 is 0. The van der Waals surface area contributed by atoms with Crippen LogP contribution >= 0.6 is 0 Å². The van der Waals surface area contributed by atoms with Gasteiger partial charge in [-0.15, -0.1) is 0 Å². The number of rotatable bonds is 6. The molecule has 0 spiro atoms. The number of aromatic nitrogens is 1. The number of nitrogens with zero attached hydrogens (tertiary/aromatic N) is 1. The summed E-state index contributed by atoms with van der Waals surface area (Å²) in [4.78, 5) is 0. The van der Waals surface area contributed by atoms with E-state index in [9.17, 15) is 0 Å². The van der Waals surface area contributed by atoms with Gasteiger partial charge in [0.1, 0.15) is 0 Å². The first-order valence-corrected chi connectivity index (χ1v) is 7.43. The topological polar surface area (TPSA) is 14.2 Å². The average Bonchev–Trinajstić information content (AvgIpc) is 2.50. The molecule has 0 amide bonds. The highest BCUT2D eigenvalue weighted by Gasteiger charge is 2.06. The summed E-state index contributed by atoms with van der Waals surface area (Å²) in [5.41, 5.74) is 4.36. The van der Waals surface area contributed by atoms with Gasteiger partial charge in [-0.1, -0.05) is 6.92 Å². The molecule has 0 bridgehead atoms. The molecule has 1 aromatic heterocycles. The van der Waals surface area contributed by atoms with Crippen LogP contribution in [0, 0.1) is 13.8 Å². The van der Waals surface area contributed by atoms with E-state index in [2.05, 4.69) is 31.4 Å². The molecule has 0 atom stereocenters. The van der Waals surface area contributed by atoms with Crippen molar-refractivity contribution in [2.45, 2.75) is 46.2 Å². The molecule has 0 aliphatic rings. The van der Waals surface area contributed by atoms with Crippen LogP contribution in [0.1, 0.15) is 30.3 Å². The molecule has 1 heterocycles. The van der Waals surface area contributed by atoms with Crippen molar-refractivity contribution in [1.82, 2.24) is 4.57 Å². The first-order valence-electron chi connectivity index (χ1n) is 5.85. The lowest BCUT2D eigenvalue weighted by atomic mass is 10.2. The van der Waals surface area contributed by atoms with Crippen LogP contribution in [-0.4, -0.2) is 21.4 Å². The molecule has 0 aliphatic heterocycles. The summed E-state index contributed by atoms with van der Waals surface area (Å²) in [6, 6.07) is 3.61. The van der Waals surface area contributed by atoms with E-state index in [4.69, 9.17) is 4.43 Å². The molecular formula is C12H23NOSi. The minimum absolute atomic E-state index is 0.230. The Morgan fingerprint density at radius 1 is 1.40 bits per heavy atom. The minimum atomic E-state index is -0.230. The van der Waals surface area contributed by atoms with Crippen LogP contribution in [0.3, 0.4) is 0 Å². The maximum Gasteiger partial charge on any atom is 0.161 e. The summed E-state index contributed by atoms with van der Waals surface area (Å²) in [5.74, 6) is 0. The zero-order valence-electron chi connectivity index (χ0n) is 10.5. The van der Waals surface area contributed by atoms with Crippen LogP contribution in [0.25, 0.3) is 0 Å². The Morgan fingerprint density at radius 3 is 2.67 bits per heavy atom. The van der Waals surface area contributed by atoms with Gasteiger partial charge < -0.3 is 8.99 Å². The second-order valence-corrected chi connectivity index (χ2v) is 5.79. The fraction of sp³-hybridized carbons (Fsp3) is 0.667. The predicted octanol–water partition coefficient (Wildman–Crippen LogP) is 2.21. The Bertz CT molecular complexity index is 307. The van der Waals surface area contributed by atoms with Gasteiger partial charge in [0.15, 0.2) is 9.76 Å². The van der Waals surface area contributed by atoms with Gasteiger partial charge in [0.05, 0.1) is 0 Å². The molecule has 0 saturated carbocycles. The molecule has 0 fully saturated rings. The standard InChI is InChI=1S/C12H23NOSi/c1-5-12-9-10(2)13(11(12)3)7-6-8-15-14-4/h9H,5-8,15H2,1-4H3. The van der Waals surface area contributed by atoms with Crippen LogP contribution in [0.2, 0.25) is 6.04 Å².